The first-order valence-electron chi connectivity index (χ1n) is 6.73. The molecule has 1 heterocycles. The van der Waals surface area contributed by atoms with Gasteiger partial charge >= 0.3 is 6.09 Å². The SMILES string of the molecule is COC(=O)Nc1ccc(S(=O)(=O)Sc2nc3ccccc3s2)cc1. The van der Waals surface area contributed by atoms with E-state index in [4.69, 9.17) is 0 Å². The number of benzene rings is 2. The number of thiazole rings is 1. The summed E-state index contributed by atoms with van der Waals surface area (Å²) in [6.07, 6.45) is -0.616. The van der Waals surface area contributed by atoms with Crippen LogP contribution >= 0.6 is 22.1 Å². The zero-order valence-corrected chi connectivity index (χ0v) is 14.9. The molecular weight excluding hydrogens is 368 g/mol. The van der Waals surface area contributed by atoms with Crippen LogP contribution in [0.25, 0.3) is 10.2 Å². The second kappa shape index (κ2) is 6.80. The van der Waals surface area contributed by atoms with E-state index in [9.17, 15) is 13.2 Å². The second-order valence-electron chi connectivity index (χ2n) is 4.63. The van der Waals surface area contributed by atoms with Gasteiger partial charge in [0.1, 0.15) is 0 Å². The number of amides is 1. The largest absolute Gasteiger partial charge is 0.453 e. The Hall–Kier alpha value is -2.10. The fourth-order valence-corrected chi connectivity index (χ4v) is 6.30. The van der Waals surface area contributed by atoms with E-state index < -0.39 is 15.0 Å². The molecule has 0 bridgehead atoms. The number of hydrogen-bond donors (Lipinski definition) is 1. The Morgan fingerprint density at radius 1 is 1.17 bits per heavy atom. The van der Waals surface area contributed by atoms with Gasteiger partial charge in [0.05, 0.1) is 22.2 Å². The van der Waals surface area contributed by atoms with Crippen LogP contribution in [0.15, 0.2) is 57.8 Å². The van der Waals surface area contributed by atoms with Crippen molar-refractivity contribution >= 4 is 53.0 Å². The minimum absolute atomic E-state index is 0.141. The van der Waals surface area contributed by atoms with Crippen molar-refractivity contribution in [2.45, 2.75) is 9.24 Å². The molecule has 1 aromatic heterocycles. The van der Waals surface area contributed by atoms with Crippen LogP contribution < -0.4 is 5.32 Å². The van der Waals surface area contributed by atoms with Crippen LogP contribution in [0.1, 0.15) is 0 Å². The highest BCUT2D eigenvalue weighted by atomic mass is 33.1. The lowest BCUT2D eigenvalue weighted by Gasteiger charge is -2.05. The van der Waals surface area contributed by atoms with Crippen LogP contribution in [0.4, 0.5) is 10.5 Å². The monoisotopic (exact) mass is 380 g/mol. The maximum absolute atomic E-state index is 12.5. The maximum Gasteiger partial charge on any atom is 0.411 e. The van der Waals surface area contributed by atoms with Crippen molar-refractivity contribution in [1.29, 1.82) is 0 Å². The van der Waals surface area contributed by atoms with E-state index in [1.54, 1.807) is 0 Å². The molecule has 0 saturated heterocycles. The third-order valence-electron chi connectivity index (χ3n) is 3.03. The van der Waals surface area contributed by atoms with Crippen molar-refractivity contribution in [2.24, 2.45) is 0 Å². The highest BCUT2D eigenvalue weighted by Crippen LogP contribution is 2.36. The van der Waals surface area contributed by atoms with Crippen LogP contribution in [0, 0.1) is 0 Å². The number of fused-ring (bicyclic) bond motifs is 1. The molecule has 3 rings (SSSR count). The van der Waals surface area contributed by atoms with Crippen molar-refractivity contribution in [2.75, 3.05) is 12.4 Å². The average Bonchev–Trinajstić information content (AvgIpc) is 2.96. The molecule has 0 fully saturated rings. The van der Waals surface area contributed by atoms with Crippen LogP contribution in [0.5, 0.6) is 0 Å². The molecule has 9 heteroatoms. The molecule has 1 amide bonds. The van der Waals surface area contributed by atoms with E-state index in [-0.39, 0.29) is 4.90 Å². The van der Waals surface area contributed by atoms with Crippen molar-refractivity contribution in [3.8, 4) is 0 Å². The summed E-state index contributed by atoms with van der Waals surface area (Å²) in [5.74, 6) is 0. The number of carbonyl (C=O) groups excluding carboxylic acids is 1. The molecule has 0 aliphatic heterocycles. The first kappa shape index (κ1) is 16.7. The number of carbonyl (C=O) groups is 1. The Morgan fingerprint density at radius 2 is 1.88 bits per heavy atom. The van der Waals surface area contributed by atoms with Gasteiger partial charge in [-0.2, -0.15) is 0 Å². The van der Waals surface area contributed by atoms with Gasteiger partial charge in [0.15, 0.2) is 4.34 Å². The van der Waals surface area contributed by atoms with Gasteiger partial charge in [-0.15, -0.1) is 11.3 Å². The van der Waals surface area contributed by atoms with E-state index in [1.165, 1.54) is 42.7 Å². The lowest BCUT2D eigenvalue weighted by molar-refractivity contribution is 0.187. The highest BCUT2D eigenvalue weighted by Gasteiger charge is 2.19. The lowest BCUT2D eigenvalue weighted by Crippen LogP contribution is -2.10. The molecule has 24 heavy (non-hydrogen) atoms. The molecule has 1 N–H and O–H groups in total. The Morgan fingerprint density at radius 3 is 2.54 bits per heavy atom. The van der Waals surface area contributed by atoms with E-state index >= 15 is 0 Å². The van der Waals surface area contributed by atoms with E-state index in [0.717, 1.165) is 10.2 Å². The predicted octanol–water partition coefficient (Wildman–Crippen LogP) is 3.96. The summed E-state index contributed by atoms with van der Waals surface area (Å²) in [5, 5.41) is 2.46. The standard InChI is InChI=1S/C15H12N2O4S3/c1-21-14(18)16-10-6-8-11(9-7-10)24(19,20)23-15-17-12-4-2-3-5-13(12)22-15/h2-9H,1H3,(H,16,18). The molecule has 2 aromatic carbocycles. The van der Waals surface area contributed by atoms with Crippen molar-refractivity contribution < 1.29 is 17.9 Å². The summed E-state index contributed by atoms with van der Waals surface area (Å²) in [5.41, 5.74) is 1.23. The van der Waals surface area contributed by atoms with Gasteiger partial charge in [0, 0.05) is 16.5 Å². The number of nitrogens with zero attached hydrogens (tertiary/aromatic N) is 1. The number of methoxy groups -OCH3 is 1. The normalized spacial score (nSPS) is 11.4. The van der Waals surface area contributed by atoms with Gasteiger partial charge in [0.2, 0.25) is 8.87 Å². The van der Waals surface area contributed by atoms with E-state index in [0.29, 0.717) is 20.8 Å². The second-order valence-corrected chi connectivity index (χ2v) is 9.66. The number of hydrogen-bond acceptors (Lipinski definition) is 7. The summed E-state index contributed by atoms with van der Waals surface area (Å²) in [7, 11) is -1.62. The molecule has 0 radical (unpaired) electrons. The summed E-state index contributed by atoms with van der Waals surface area (Å²) in [4.78, 5) is 15.6. The zero-order valence-electron chi connectivity index (χ0n) is 12.4. The number of ether oxygens (including phenoxy) is 1. The molecule has 0 aliphatic rings. The van der Waals surface area contributed by atoms with Gasteiger partial charge in [-0.05, 0) is 36.4 Å². The third kappa shape index (κ3) is 3.69. The Bertz CT molecular complexity index is 948. The lowest BCUT2D eigenvalue weighted by atomic mass is 10.3. The molecule has 6 nitrogen and oxygen atoms in total. The van der Waals surface area contributed by atoms with Crippen molar-refractivity contribution in [3.05, 3.63) is 48.5 Å². The Kier molecular flexibility index (Phi) is 4.74. The Balaban J connectivity index is 1.80. The van der Waals surface area contributed by atoms with Gasteiger partial charge in [-0.3, -0.25) is 5.32 Å². The number of para-hydroxylation sites is 1. The van der Waals surface area contributed by atoms with Crippen molar-refractivity contribution in [1.82, 2.24) is 4.98 Å². The molecule has 0 atom stereocenters. The van der Waals surface area contributed by atoms with Gasteiger partial charge in [-0.1, -0.05) is 12.1 Å². The summed E-state index contributed by atoms with van der Waals surface area (Å²) in [6.45, 7) is 0. The maximum atomic E-state index is 12.5. The quantitative estimate of drug-likeness (QED) is 0.690. The number of nitrogens with one attached hydrogen (secondary N) is 1. The molecule has 0 saturated carbocycles. The van der Waals surface area contributed by atoms with Crippen molar-refractivity contribution in [3.63, 3.8) is 0 Å². The molecule has 3 aromatic rings. The molecule has 0 unspecified atom stereocenters. The average molecular weight is 380 g/mol. The highest BCUT2D eigenvalue weighted by molar-refractivity contribution is 8.72. The first-order chi connectivity index (χ1) is 11.5. The Labute approximate surface area is 146 Å². The molecule has 0 aliphatic carbocycles. The zero-order chi connectivity index (χ0) is 17.2. The summed E-state index contributed by atoms with van der Waals surface area (Å²) >= 11 is 1.33. The van der Waals surface area contributed by atoms with Crippen LogP contribution in [0.3, 0.4) is 0 Å². The fourth-order valence-electron chi connectivity index (χ4n) is 1.90. The topological polar surface area (TPSA) is 85.4 Å². The van der Waals surface area contributed by atoms with Gasteiger partial charge < -0.3 is 4.74 Å². The predicted molar refractivity (Wildman–Crippen MR) is 95.1 cm³/mol. The summed E-state index contributed by atoms with van der Waals surface area (Å²) < 4.78 is 30.9. The van der Waals surface area contributed by atoms with E-state index in [2.05, 4.69) is 15.0 Å². The van der Waals surface area contributed by atoms with Gasteiger partial charge in [-0.25, -0.2) is 18.2 Å². The van der Waals surface area contributed by atoms with Crippen LogP contribution in [-0.2, 0) is 13.6 Å². The fraction of sp³-hybridized carbons (Fsp3) is 0.0667. The van der Waals surface area contributed by atoms with Crippen LogP contribution in [-0.4, -0.2) is 26.6 Å². The minimum Gasteiger partial charge on any atom is -0.453 e. The van der Waals surface area contributed by atoms with Gasteiger partial charge in [0.25, 0.3) is 0 Å². The third-order valence-corrected chi connectivity index (χ3v) is 7.69. The summed E-state index contributed by atoms with van der Waals surface area (Å²) in [6, 6.07) is 13.4. The number of rotatable bonds is 4. The number of aromatic nitrogens is 1. The molecular formula is C15H12N2O4S3. The van der Waals surface area contributed by atoms with Crippen LogP contribution in [0.2, 0.25) is 0 Å². The smallest absolute Gasteiger partial charge is 0.411 e. The minimum atomic E-state index is -3.59. The van der Waals surface area contributed by atoms with E-state index in [1.807, 2.05) is 24.3 Å². The molecule has 124 valence electrons. The number of anilines is 1. The molecule has 0 spiro atoms. The first-order valence-corrected chi connectivity index (χ1v) is 10.4.